The Bertz CT molecular complexity index is 825. The summed E-state index contributed by atoms with van der Waals surface area (Å²) >= 11 is 0. The van der Waals surface area contributed by atoms with Gasteiger partial charge in [-0.2, -0.15) is 0 Å². The Kier molecular flexibility index (Phi) is 4.10. The van der Waals surface area contributed by atoms with Crippen LogP contribution in [0.2, 0.25) is 0 Å². The van der Waals surface area contributed by atoms with E-state index < -0.39 is 0 Å². The highest BCUT2D eigenvalue weighted by atomic mass is 16.5. The molecule has 0 aliphatic rings. The normalized spacial score (nSPS) is 10.3. The number of hydrogen-bond donors (Lipinski definition) is 1. The van der Waals surface area contributed by atoms with E-state index in [1.54, 1.807) is 13.2 Å². The molecule has 0 fully saturated rings. The quantitative estimate of drug-likeness (QED) is 0.793. The molecular weight excluding hydrogens is 292 g/mol. The number of ether oxygens (including phenoxy) is 1. The first-order valence-electron chi connectivity index (χ1n) is 7.14. The van der Waals surface area contributed by atoms with Gasteiger partial charge in [0.1, 0.15) is 5.75 Å². The molecule has 5 nitrogen and oxygen atoms in total. The van der Waals surface area contributed by atoms with E-state index in [1.165, 1.54) is 6.20 Å². The summed E-state index contributed by atoms with van der Waals surface area (Å²) < 4.78 is 10.8. The van der Waals surface area contributed by atoms with Crippen LogP contribution in [0.4, 0.5) is 5.69 Å². The van der Waals surface area contributed by atoms with Crippen molar-refractivity contribution < 1.29 is 13.9 Å². The van der Waals surface area contributed by atoms with Crippen LogP contribution in [0, 0.1) is 6.92 Å². The predicted octanol–water partition coefficient (Wildman–Crippen LogP) is 3.91. The molecule has 1 amide bonds. The highest BCUT2D eigenvalue weighted by molar-refractivity contribution is 6.03. The second-order valence-electron chi connectivity index (χ2n) is 5.05. The summed E-state index contributed by atoms with van der Waals surface area (Å²) in [7, 11) is 1.56. The number of carbonyl (C=O) groups is 1. The first-order valence-corrected chi connectivity index (χ1v) is 7.14. The number of benzene rings is 2. The standard InChI is InChI=1S/C18H16N2O3/c1-12-8-9-15(22-2)14(10-12)20-17(21)16-11-19-18(23-16)13-6-4-3-5-7-13/h3-11H,1-2H3,(H,20,21). The first-order chi connectivity index (χ1) is 11.2. The van der Waals surface area contributed by atoms with E-state index >= 15 is 0 Å². The summed E-state index contributed by atoms with van der Waals surface area (Å²) in [5.74, 6) is 0.773. The van der Waals surface area contributed by atoms with Gasteiger partial charge in [0.2, 0.25) is 11.7 Å². The van der Waals surface area contributed by atoms with Crippen molar-refractivity contribution in [2.45, 2.75) is 6.92 Å². The minimum Gasteiger partial charge on any atom is -0.495 e. The van der Waals surface area contributed by atoms with Crippen LogP contribution in [0.3, 0.4) is 0 Å². The Balaban J connectivity index is 1.82. The molecule has 0 aliphatic heterocycles. The molecule has 0 saturated heterocycles. The third-order valence-corrected chi connectivity index (χ3v) is 3.35. The lowest BCUT2D eigenvalue weighted by molar-refractivity contribution is 0.0997. The van der Waals surface area contributed by atoms with Crippen molar-refractivity contribution in [2.75, 3.05) is 12.4 Å². The number of aromatic nitrogens is 1. The SMILES string of the molecule is COc1ccc(C)cc1NC(=O)c1cnc(-c2ccccc2)o1. The highest BCUT2D eigenvalue weighted by Crippen LogP contribution is 2.26. The Labute approximate surface area is 133 Å². The highest BCUT2D eigenvalue weighted by Gasteiger charge is 2.15. The van der Waals surface area contributed by atoms with Gasteiger partial charge in [0.15, 0.2) is 0 Å². The largest absolute Gasteiger partial charge is 0.495 e. The molecule has 1 N–H and O–H groups in total. The van der Waals surface area contributed by atoms with Gasteiger partial charge in [-0.05, 0) is 36.8 Å². The molecule has 0 radical (unpaired) electrons. The molecule has 0 spiro atoms. The van der Waals surface area contributed by atoms with E-state index in [0.717, 1.165) is 11.1 Å². The van der Waals surface area contributed by atoms with E-state index in [1.807, 2.05) is 49.4 Å². The zero-order valence-corrected chi connectivity index (χ0v) is 12.9. The second kappa shape index (κ2) is 6.36. The maximum atomic E-state index is 12.3. The van der Waals surface area contributed by atoms with Crippen molar-refractivity contribution in [2.24, 2.45) is 0 Å². The lowest BCUT2D eigenvalue weighted by atomic mass is 10.2. The number of carbonyl (C=O) groups excluding carboxylic acids is 1. The van der Waals surface area contributed by atoms with E-state index in [9.17, 15) is 4.79 Å². The molecule has 23 heavy (non-hydrogen) atoms. The van der Waals surface area contributed by atoms with Crippen molar-refractivity contribution in [3.8, 4) is 17.2 Å². The van der Waals surface area contributed by atoms with Gasteiger partial charge >= 0.3 is 0 Å². The molecule has 0 atom stereocenters. The fourth-order valence-corrected chi connectivity index (χ4v) is 2.20. The smallest absolute Gasteiger partial charge is 0.293 e. The summed E-state index contributed by atoms with van der Waals surface area (Å²) in [6.45, 7) is 1.94. The van der Waals surface area contributed by atoms with Gasteiger partial charge in [0, 0.05) is 5.56 Å². The predicted molar refractivity (Wildman–Crippen MR) is 87.6 cm³/mol. The lowest BCUT2D eigenvalue weighted by Crippen LogP contribution is -2.11. The molecule has 3 rings (SSSR count). The Morgan fingerprint density at radius 1 is 1.17 bits per heavy atom. The fraction of sp³-hybridized carbons (Fsp3) is 0.111. The molecule has 0 saturated carbocycles. The second-order valence-corrected chi connectivity index (χ2v) is 5.05. The van der Waals surface area contributed by atoms with Crippen LogP contribution >= 0.6 is 0 Å². The lowest BCUT2D eigenvalue weighted by Gasteiger charge is -2.09. The van der Waals surface area contributed by atoms with Crippen molar-refractivity contribution in [3.05, 3.63) is 66.1 Å². The summed E-state index contributed by atoms with van der Waals surface area (Å²) in [5, 5.41) is 2.79. The Morgan fingerprint density at radius 2 is 1.96 bits per heavy atom. The average molecular weight is 308 g/mol. The summed E-state index contributed by atoms with van der Waals surface area (Å²) in [6.07, 6.45) is 1.42. The number of oxazole rings is 1. The van der Waals surface area contributed by atoms with Crippen molar-refractivity contribution in [3.63, 3.8) is 0 Å². The molecule has 116 valence electrons. The Hall–Kier alpha value is -3.08. The first kappa shape index (κ1) is 14.8. The minimum atomic E-state index is -0.372. The number of anilines is 1. The van der Waals surface area contributed by atoms with Gasteiger partial charge in [0.05, 0.1) is 19.0 Å². The number of nitrogens with zero attached hydrogens (tertiary/aromatic N) is 1. The van der Waals surface area contributed by atoms with Crippen LogP contribution in [0.25, 0.3) is 11.5 Å². The van der Waals surface area contributed by atoms with Crippen LogP contribution in [-0.2, 0) is 0 Å². The number of nitrogens with one attached hydrogen (secondary N) is 1. The van der Waals surface area contributed by atoms with Crippen LogP contribution in [0.15, 0.2) is 59.1 Å². The maximum absolute atomic E-state index is 12.3. The number of methoxy groups -OCH3 is 1. The zero-order chi connectivity index (χ0) is 16.2. The Morgan fingerprint density at radius 3 is 2.70 bits per heavy atom. The van der Waals surface area contributed by atoms with E-state index in [0.29, 0.717) is 17.3 Å². The van der Waals surface area contributed by atoms with Gasteiger partial charge in [-0.25, -0.2) is 4.98 Å². The van der Waals surface area contributed by atoms with Crippen molar-refractivity contribution >= 4 is 11.6 Å². The third-order valence-electron chi connectivity index (χ3n) is 3.35. The third kappa shape index (κ3) is 3.23. The molecule has 2 aromatic carbocycles. The van der Waals surface area contributed by atoms with Gasteiger partial charge in [-0.15, -0.1) is 0 Å². The van der Waals surface area contributed by atoms with Crippen LogP contribution in [0.5, 0.6) is 5.75 Å². The summed E-state index contributed by atoms with van der Waals surface area (Å²) in [4.78, 5) is 16.5. The van der Waals surface area contributed by atoms with E-state index in [-0.39, 0.29) is 11.7 Å². The average Bonchev–Trinajstić information content (AvgIpc) is 3.06. The van der Waals surface area contributed by atoms with Gasteiger partial charge in [-0.3, -0.25) is 4.79 Å². The molecule has 0 aliphatic carbocycles. The minimum absolute atomic E-state index is 0.146. The molecule has 0 bridgehead atoms. The van der Waals surface area contributed by atoms with E-state index in [2.05, 4.69) is 10.3 Å². The van der Waals surface area contributed by atoms with Crippen molar-refractivity contribution in [1.29, 1.82) is 0 Å². The molecule has 5 heteroatoms. The van der Waals surface area contributed by atoms with Crippen LogP contribution in [0.1, 0.15) is 16.1 Å². The van der Waals surface area contributed by atoms with Gasteiger partial charge in [-0.1, -0.05) is 24.3 Å². The zero-order valence-electron chi connectivity index (χ0n) is 12.9. The van der Waals surface area contributed by atoms with Gasteiger partial charge in [0.25, 0.3) is 5.91 Å². The molecule has 1 aromatic heterocycles. The van der Waals surface area contributed by atoms with Crippen LogP contribution in [-0.4, -0.2) is 18.0 Å². The molecule has 3 aromatic rings. The summed E-state index contributed by atoms with van der Waals surface area (Å²) in [5.41, 5.74) is 2.43. The number of amides is 1. The molecule has 1 heterocycles. The topological polar surface area (TPSA) is 64.4 Å². The number of aryl methyl sites for hydroxylation is 1. The summed E-state index contributed by atoms with van der Waals surface area (Å²) in [6, 6.07) is 15.0. The maximum Gasteiger partial charge on any atom is 0.293 e. The van der Waals surface area contributed by atoms with Crippen LogP contribution < -0.4 is 10.1 Å². The van der Waals surface area contributed by atoms with Gasteiger partial charge < -0.3 is 14.5 Å². The fourth-order valence-electron chi connectivity index (χ4n) is 2.20. The van der Waals surface area contributed by atoms with Crippen molar-refractivity contribution in [1.82, 2.24) is 4.98 Å². The number of hydrogen-bond acceptors (Lipinski definition) is 4. The molecule has 0 unspecified atom stereocenters. The van der Waals surface area contributed by atoms with E-state index in [4.69, 9.17) is 9.15 Å². The number of rotatable bonds is 4. The monoisotopic (exact) mass is 308 g/mol. The molecular formula is C18H16N2O3.